The Morgan fingerprint density at radius 3 is 2.54 bits per heavy atom. The van der Waals surface area contributed by atoms with E-state index in [0.717, 1.165) is 17.8 Å². The van der Waals surface area contributed by atoms with Crippen LogP contribution in [-0.2, 0) is 19.6 Å². The predicted molar refractivity (Wildman–Crippen MR) is 97.7 cm³/mol. The van der Waals surface area contributed by atoms with Crippen LogP contribution < -0.4 is 4.72 Å². The number of hydrogen-bond donors (Lipinski definition) is 1. The van der Waals surface area contributed by atoms with Crippen molar-refractivity contribution in [1.82, 2.24) is 0 Å². The SMILES string of the molecule is COC(=O)CCSc1ccc(S(=O)(=O)Nc2ccccc2)cc1[N+](=O)[O-]. The van der Waals surface area contributed by atoms with Gasteiger partial charge >= 0.3 is 5.97 Å². The van der Waals surface area contributed by atoms with Crippen molar-refractivity contribution in [2.75, 3.05) is 17.6 Å². The highest BCUT2D eigenvalue weighted by Crippen LogP contribution is 2.32. The van der Waals surface area contributed by atoms with Gasteiger partial charge in [-0.1, -0.05) is 18.2 Å². The number of sulfonamides is 1. The van der Waals surface area contributed by atoms with E-state index in [1.54, 1.807) is 30.3 Å². The molecule has 0 unspecified atom stereocenters. The lowest BCUT2D eigenvalue weighted by Crippen LogP contribution is -2.13. The molecule has 10 heteroatoms. The van der Waals surface area contributed by atoms with Gasteiger partial charge in [0.2, 0.25) is 0 Å². The Balaban J connectivity index is 2.24. The summed E-state index contributed by atoms with van der Waals surface area (Å²) >= 11 is 1.08. The van der Waals surface area contributed by atoms with E-state index >= 15 is 0 Å². The number of hydrogen-bond acceptors (Lipinski definition) is 7. The van der Waals surface area contributed by atoms with Crippen molar-refractivity contribution in [1.29, 1.82) is 0 Å². The lowest BCUT2D eigenvalue weighted by Gasteiger charge is -2.09. The van der Waals surface area contributed by atoms with Gasteiger partial charge in [0.15, 0.2) is 0 Å². The minimum absolute atomic E-state index is 0.0912. The molecular formula is C16H16N2O6S2. The second-order valence-electron chi connectivity index (χ2n) is 5.03. The molecule has 2 aromatic carbocycles. The highest BCUT2D eigenvalue weighted by atomic mass is 32.2. The van der Waals surface area contributed by atoms with Crippen molar-refractivity contribution >= 4 is 39.1 Å². The summed E-state index contributed by atoms with van der Waals surface area (Å²) in [7, 11) is -2.70. The molecule has 0 saturated carbocycles. The number of methoxy groups -OCH3 is 1. The summed E-state index contributed by atoms with van der Waals surface area (Å²) in [6, 6.07) is 11.9. The van der Waals surface area contributed by atoms with E-state index in [1.165, 1.54) is 19.2 Å². The molecule has 0 radical (unpaired) electrons. The third kappa shape index (κ3) is 5.20. The molecule has 8 nitrogen and oxygen atoms in total. The number of rotatable bonds is 8. The molecule has 0 fully saturated rings. The summed E-state index contributed by atoms with van der Waals surface area (Å²) in [5.41, 5.74) is 0.0162. The molecule has 0 aliphatic heterocycles. The van der Waals surface area contributed by atoms with Gasteiger partial charge in [-0.3, -0.25) is 19.6 Å². The summed E-state index contributed by atoms with van der Waals surface area (Å²) < 4.78 is 31.7. The summed E-state index contributed by atoms with van der Waals surface area (Å²) in [5, 5.41) is 11.3. The van der Waals surface area contributed by atoms with Gasteiger partial charge in [-0.15, -0.1) is 11.8 Å². The van der Waals surface area contributed by atoms with Crippen molar-refractivity contribution in [3.05, 3.63) is 58.6 Å². The highest BCUT2D eigenvalue weighted by molar-refractivity contribution is 7.99. The number of nitrogens with one attached hydrogen (secondary N) is 1. The maximum absolute atomic E-state index is 12.4. The van der Waals surface area contributed by atoms with E-state index in [9.17, 15) is 23.3 Å². The van der Waals surface area contributed by atoms with Crippen LogP contribution >= 0.6 is 11.8 Å². The molecule has 0 aliphatic carbocycles. The topological polar surface area (TPSA) is 116 Å². The molecule has 0 bridgehead atoms. The van der Waals surface area contributed by atoms with Crippen molar-refractivity contribution in [3.63, 3.8) is 0 Å². The van der Waals surface area contributed by atoms with Crippen LogP contribution in [0.4, 0.5) is 11.4 Å². The van der Waals surface area contributed by atoms with Crippen molar-refractivity contribution in [3.8, 4) is 0 Å². The van der Waals surface area contributed by atoms with Gasteiger partial charge < -0.3 is 4.74 Å². The zero-order valence-corrected chi connectivity index (χ0v) is 15.4. The number of nitrogens with zero attached hydrogens (tertiary/aromatic N) is 1. The molecular weight excluding hydrogens is 380 g/mol. The molecule has 0 aliphatic rings. The van der Waals surface area contributed by atoms with E-state index in [4.69, 9.17) is 0 Å². The van der Waals surface area contributed by atoms with Gasteiger partial charge in [0, 0.05) is 17.5 Å². The first-order valence-electron chi connectivity index (χ1n) is 7.39. The molecule has 138 valence electrons. The van der Waals surface area contributed by atoms with Gasteiger partial charge in [-0.2, -0.15) is 0 Å². The highest BCUT2D eigenvalue weighted by Gasteiger charge is 2.22. The Labute approximate surface area is 154 Å². The molecule has 0 spiro atoms. The Bertz CT molecular complexity index is 900. The van der Waals surface area contributed by atoms with Gasteiger partial charge in [0.05, 0.1) is 28.2 Å². The first-order valence-corrected chi connectivity index (χ1v) is 9.86. The van der Waals surface area contributed by atoms with E-state index in [-0.39, 0.29) is 27.7 Å². The van der Waals surface area contributed by atoms with Gasteiger partial charge in [-0.05, 0) is 24.3 Å². The standard InChI is InChI=1S/C16H16N2O6S2/c1-24-16(19)9-10-25-15-8-7-13(11-14(15)18(20)21)26(22,23)17-12-5-3-2-4-6-12/h2-8,11,17H,9-10H2,1H3. The second kappa shape index (κ2) is 8.68. The van der Waals surface area contributed by atoms with Crippen molar-refractivity contribution in [2.45, 2.75) is 16.2 Å². The number of nitro benzene ring substituents is 1. The van der Waals surface area contributed by atoms with Gasteiger partial charge in [-0.25, -0.2) is 8.42 Å². The number of para-hydroxylation sites is 1. The molecule has 0 atom stereocenters. The van der Waals surface area contributed by atoms with Crippen LogP contribution in [0.25, 0.3) is 0 Å². The fourth-order valence-corrected chi connectivity index (χ4v) is 4.01. The molecule has 0 amide bonds. The molecule has 0 aromatic heterocycles. The van der Waals surface area contributed by atoms with Crippen LogP contribution in [0.3, 0.4) is 0 Å². The predicted octanol–water partition coefficient (Wildman–Crippen LogP) is 3.05. The van der Waals surface area contributed by atoms with Gasteiger partial charge in [0.1, 0.15) is 0 Å². The average molecular weight is 396 g/mol. The monoisotopic (exact) mass is 396 g/mol. The Morgan fingerprint density at radius 2 is 1.92 bits per heavy atom. The minimum atomic E-state index is -3.96. The normalized spacial score (nSPS) is 11.0. The largest absolute Gasteiger partial charge is 0.469 e. The summed E-state index contributed by atoms with van der Waals surface area (Å²) in [5.74, 6) is -0.145. The molecule has 2 aromatic rings. The minimum Gasteiger partial charge on any atom is -0.469 e. The molecule has 0 heterocycles. The van der Waals surface area contributed by atoms with Crippen LogP contribution in [0.15, 0.2) is 58.3 Å². The Hall–Kier alpha value is -2.59. The lowest BCUT2D eigenvalue weighted by molar-refractivity contribution is -0.388. The number of carbonyl (C=O) groups excluding carboxylic acids is 1. The fourth-order valence-electron chi connectivity index (χ4n) is 2.00. The Kier molecular flexibility index (Phi) is 6.58. The van der Waals surface area contributed by atoms with E-state index in [0.29, 0.717) is 5.69 Å². The number of nitro groups is 1. The van der Waals surface area contributed by atoms with Crippen LogP contribution in [0, 0.1) is 10.1 Å². The molecule has 0 saturated heterocycles. The van der Waals surface area contributed by atoms with Crippen molar-refractivity contribution in [2.24, 2.45) is 0 Å². The van der Waals surface area contributed by atoms with Gasteiger partial charge in [0.25, 0.3) is 15.7 Å². The van der Waals surface area contributed by atoms with Crippen LogP contribution in [0.2, 0.25) is 0 Å². The van der Waals surface area contributed by atoms with Crippen LogP contribution in [0.1, 0.15) is 6.42 Å². The lowest BCUT2D eigenvalue weighted by atomic mass is 10.3. The van der Waals surface area contributed by atoms with Crippen LogP contribution in [-0.4, -0.2) is 32.2 Å². The Morgan fingerprint density at radius 1 is 1.23 bits per heavy atom. The van der Waals surface area contributed by atoms with Crippen LogP contribution in [0.5, 0.6) is 0 Å². The quantitative estimate of drug-likeness (QED) is 0.315. The number of esters is 1. The first kappa shape index (κ1) is 19.7. The third-order valence-corrected chi connectivity index (χ3v) is 5.70. The number of ether oxygens (including phenoxy) is 1. The maximum atomic E-state index is 12.4. The molecule has 1 N–H and O–H groups in total. The summed E-state index contributed by atoms with van der Waals surface area (Å²) in [6.07, 6.45) is 0.0912. The summed E-state index contributed by atoms with van der Waals surface area (Å²) in [6.45, 7) is 0. The zero-order chi connectivity index (χ0) is 19.2. The van der Waals surface area contributed by atoms with E-state index in [2.05, 4.69) is 9.46 Å². The fraction of sp³-hybridized carbons (Fsp3) is 0.188. The number of anilines is 1. The smallest absolute Gasteiger partial charge is 0.306 e. The molecule has 2 rings (SSSR count). The molecule has 26 heavy (non-hydrogen) atoms. The summed E-state index contributed by atoms with van der Waals surface area (Å²) in [4.78, 5) is 21.8. The average Bonchev–Trinajstić information content (AvgIpc) is 2.62. The van der Waals surface area contributed by atoms with E-state index in [1.807, 2.05) is 0 Å². The van der Waals surface area contributed by atoms with Crippen molar-refractivity contribution < 1.29 is 22.9 Å². The number of carbonyl (C=O) groups is 1. The zero-order valence-electron chi connectivity index (χ0n) is 13.7. The maximum Gasteiger partial charge on any atom is 0.306 e. The first-order chi connectivity index (χ1) is 12.3. The van der Waals surface area contributed by atoms with E-state index < -0.39 is 20.9 Å². The second-order valence-corrected chi connectivity index (χ2v) is 7.85. The third-order valence-electron chi connectivity index (χ3n) is 3.25. The number of benzene rings is 2. The number of thioether (sulfide) groups is 1.